The Bertz CT molecular complexity index is 173. The maximum Gasteiger partial charge on any atom is 0.183 e. The van der Waals surface area contributed by atoms with Gasteiger partial charge in [-0.1, -0.05) is 13.8 Å². The fraction of sp³-hybridized carbons (Fsp3) is 0.875. The summed E-state index contributed by atoms with van der Waals surface area (Å²) < 4.78 is 5.00. The molecule has 3 nitrogen and oxygen atoms in total. The van der Waals surface area contributed by atoms with Crippen molar-refractivity contribution < 1.29 is 9.53 Å². The lowest BCUT2D eigenvalue weighted by Gasteiger charge is -2.15. The van der Waals surface area contributed by atoms with Crippen LogP contribution in [0, 0.1) is 5.92 Å². The van der Waals surface area contributed by atoms with E-state index in [4.69, 9.17) is 10.5 Å². The van der Waals surface area contributed by atoms with Crippen LogP contribution in [0.25, 0.3) is 0 Å². The van der Waals surface area contributed by atoms with Crippen LogP contribution in [-0.2, 0) is 9.53 Å². The van der Waals surface area contributed by atoms with E-state index >= 15 is 0 Å². The van der Waals surface area contributed by atoms with E-state index in [-0.39, 0.29) is 17.7 Å². The molecular weight excluding hydrogens is 142 g/mol. The summed E-state index contributed by atoms with van der Waals surface area (Å²) in [5, 5.41) is 0. The third kappa shape index (κ3) is 1.60. The highest BCUT2D eigenvalue weighted by atomic mass is 16.6. The average Bonchev–Trinajstić information content (AvgIpc) is 2.66. The minimum absolute atomic E-state index is 0.0347. The number of hydrogen-bond donors (Lipinski definition) is 1. The molecule has 2 N–H and O–H groups in total. The van der Waals surface area contributed by atoms with Crippen molar-refractivity contribution in [3.8, 4) is 0 Å². The third-order valence-electron chi connectivity index (χ3n) is 2.12. The summed E-state index contributed by atoms with van der Waals surface area (Å²) in [6.45, 7) is 6.20. The lowest BCUT2D eigenvalue weighted by atomic mass is 9.93. The zero-order valence-corrected chi connectivity index (χ0v) is 7.26. The van der Waals surface area contributed by atoms with E-state index in [1.54, 1.807) is 6.92 Å². The molecule has 1 heterocycles. The number of epoxide rings is 1. The summed E-state index contributed by atoms with van der Waals surface area (Å²) in [4.78, 5) is 11.4. The molecule has 0 amide bonds. The SMILES string of the molecule is CC(C)[C@H](N)C(=O)C1(C)CO1. The predicted octanol–water partition coefficient (Wildman–Crippen LogP) is 0.328. The summed E-state index contributed by atoms with van der Waals surface area (Å²) in [6, 6.07) is -0.373. The van der Waals surface area contributed by atoms with Crippen molar-refractivity contribution in [3.05, 3.63) is 0 Å². The van der Waals surface area contributed by atoms with Crippen LogP contribution in [0.15, 0.2) is 0 Å². The van der Waals surface area contributed by atoms with Gasteiger partial charge in [-0.25, -0.2) is 0 Å². The predicted molar refractivity (Wildman–Crippen MR) is 42.2 cm³/mol. The third-order valence-corrected chi connectivity index (χ3v) is 2.12. The molecule has 0 bridgehead atoms. The number of ether oxygens (including phenoxy) is 1. The lowest BCUT2D eigenvalue weighted by Crippen LogP contribution is -2.42. The largest absolute Gasteiger partial charge is 0.362 e. The fourth-order valence-corrected chi connectivity index (χ4v) is 0.906. The van der Waals surface area contributed by atoms with Gasteiger partial charge in [-0.05, 0) is 12.8 Å². The molecule has 64 valence electrons. The number of carbonyl (C=O) groups excluding carboxylic acids is 1. The van der Waals surface area contributed by atoms with Crippen molar-refractivity contribution in [1.82, 2.24) is 0 Å². The average molecular weight is 157 g/mol. The Hall–Kier alpha value is -0.410. The van der Waals surface area contributed by atoms with Gasteiger partial charge in [0.15, 0.2) is 5.78 Å². The second-order valence-corrected chi connectivity index (χ2v) is 3.65. The molecule has 0 spiro atoms. The minimum Gasteiger partial charge on any atom is -0.362 e. The fourth-order valence-electron chi connectivity index (χ4n) is 0.906. The summed E-state index contributed by atoms with van der Waals surface area (Å²) >= 11 is 0. The highest BCUT2D eigenvalue weighted by molar-refractivity contribution is 5.93. The zero-order valence-electron chi connectivity index (χ0n) is 7.26. The Morgan fingerprint density at radius 2 is 2.09 bits per heavy atom. The van der Waals surface area contributed by atoms with Crippen LogP contribution in [0.3, 0.4) is 0 Å². The Morgan fingerprint density at radius 1 is 1.64 bits per heavy atom. The first-order chi connectivity index (χ1) is 4.97. The second-order valence-electron chi connectivity index (χ2n) is 3.65. The molecule has 1 aliphatic heterocycles. The Kier molecular flexibility index (Phi) is 2.03. The van der Waals surface area contributed by atoms with Crippen LogP contribution in [0.1, 0.15) is 20.8 Å². The maximum absolute atomic E-state index is 11.4. The molecule has 11 heavy (non-hydrogen) atoms. The Balaban J connectivity index is 2.54. The van der Waals surface area contributed by atoms with Crippen LogP contribution < -0.4 is 5.73 Å². The first-order valence-corrected chi connectivity index (χ1v) is 3.91. The Labute approximate surface area is 66.9 Å². The molecule has 0 aromatic rings. The number of rotatable bonds is 3. The summed E-state index contributed by atoms with van der Waals surface area (Å²) in [5.41, 5.74) is 5.10. The van der Waals surface area contributed by atoms with E-state index in [1.165, 1.54) is 0 Å². The molecule has 1 saturated heterocycles. The molecule has 1 aliphatic rings. The molecule has 2 atom stereocenters. The second kappa shape index (κ2) is 2.57. The normalized spacial score (nSPS) is 32.1. The monoisotopic (exact) mass is 157 g/mol. The van der Waals surface area contributed by atoms with Gasteiger partial charge >= 0.3 is 0 Å². The van der Waals surface area contributed by atoms with Crippen molar-refractivity contribution in [2.75, 3.05) is 6.61 Å². The van der Waals surface area contributed by atoms with Crippen molar-refractivity contribution in [3.63, 3.8) is 0 Å². The van der Waals surface area contributed by atoms with Gasteiger partial charge in [0.1, 0.15) is 5.60 Å². The smallest absolute Gasteiger partial charge is 0.183 e. The van der Waals surface area contributed by atoms with Crippen molar-refractivity contribution in [2.45, 2.75) is 32.4 Å². The zero-order chi connectivity index (χ0) is 8.65. The van der Waals surface area contributed by atoms with Gasteiger partial charge in [-0.3, -0.25) is 4.79 Å². The minimum atomic E-state index is -0.552. The molecule has 1 unspecified atom stereocenters. The molecule has 0 saturated carbocycles. The number of Topliss-reactive ketones (excluding diaryl/α,β-unsaturated/α-hetero) is 1. The summed E-state index contributed by atoms with van der Waals surface area (Å²) in [5.74, 6) is 0.232. The molecule has 0 aliphatic carbocycles. The molecule has 1 rings (SSSR count). The topological polar surface area (TPSA) is 55.6 Å². The Morgan fingerprint density at radius 3 is 2.36 bits per heavy atom. The van der Waals surface area contributed by atoms with E-state index in [0.29, 0.717) is 6.61 Å². The molecule has 1 fully saturated rings. The summed E-state index contributed by atoms with van der Waals surface area (Å²) in [7, 11) is 0. The highest BCUT2D eigenvalue weighted by Crippen LogP contribution is 2.28. The molecule has 0 aromatic heterocycles. The van der Waals surface area contributed by atoms with Crippen LogP contribution in [0.4, 0.5) is 0 Å². The van der Waals surface area contributed by atoms with E-state index < -0.39 is 5.60 Å². The molecular formula is C8H15NO2. The lowest BCUT2D eigenvalue weighted by molar-refractivity contribution is -0.125. The number of carbonyl (C=O) groups is 1. The quantitative estimate of drug-likeness (QED) is 0.600. The molecule has 0 radical (unpaired) electrons. The maximum atomic E-state index is 11.4. The van der Waals surface area contributed by atoms with Gasteiger partial charge < -0.3 is 10.5 Å². The van der Waals surface area contributed by atoms with Crippen LogP contribution in [0.2, 0.25) is 0 Å². The van der Waals surface area contributed by atoms with E-state index in [2.05, 4.69) is 0 Å². The van der Waals surface area contributed by atoms with Crippen LogP contribution >= 0.6 is 0 Å². The van der Waals surface area contributed by atoms with Crippen molar-refractivity contribution in [1.29, 1.82) is 0 Å². The van der Waals surface area contributed by atoms with Gasteiger partial charge in [0, 0.05) is 0 Å². The number of hydrogen-bond acceptors (Lipinski definition) is 3. The van der Waals surface area contributed by atoms with E-state index in [1.807, 2.05) is 13.8 Å². The first kappa shape index (κ1) is 8.68. The summed E-state index contributed by atoms with van der Waals surface area (Å²) in [6.07, 6.45) is 0. The van der Waals surface area contributed by atoms with Crippen LogP contribution in [-0.4, -0.2) is 24.0 Å². The first-order valence-electron chi connectivity index (χ1n) is 3.91. The molecule has 0 aromatic carbocycles. The standard InChI is InChI=1S/C8H15NO2/c1-5(2)6(9)7(10)8(3)4-11-8/h5-6H,4,9H2,1-3H3/t6-,8?/m0/s1. The number of ketones is 1. The van der Waals surface area contributed by atoms with Gasteiger partial charge in [0.05, 0.1) is 12.6 Å². The molecule has 3 heteroatoms. The van der Waals surface area contributed by atoms with E-state index in [0.717, 1.165) is 0 Å². The van der Waals surface area contributed by atoms with Crippen LogP contribution in [0.5, 0.6) is 0 Å². The van der Waals surface area contributed by atoms with E-state index in [9.17, 15) is 4.79 Å². The van der Waals surface area contributed by atoms with Crippen molar-refractivity contribution >= 4 is 5.78 Å². The van der Waals surface area contributed by atoms with Gasteiger partial charge in [0.25, 0.3) is 0 Å². The van der Waals surface area contributed by atoms with Gasteiger partial charge in [-0.2, -0.15) is 0 Å². The highest BCUT2D eigenvalue weighted by Gasteiger charge is 2.49. The number of nitrogens with two attached hydrogens (primary N) is 1. The van der Waals surface area contributed by atoms with Gasteiger partial charge in [-0.15, -0.1) is 0 Å². The van der Waals surface area contributed by atoms with Crippen molar-refractivity contribution in [2.24, 2.45) is 11.7 Å². The van der Waals surface area contributed by atoms with Gasteiger partial charge in [0.2, 0.25) is 0 Å².